The van der Waals surface area contributed by atoms with Crippen LogP contribution in [-0.4, -0.2) is 48.0 Å². The van der Waals surface area contributed by atoms with Crippen molar-refractivity contribution in [3.05, 3.63) is 72.0 Å². The summed E-state index contributed by atoms with van der Waals surface area (Å²) in [4.78, 5) is 16.6. The number of benzene rings is 2. The zero-order chi connectivity index (χ0) is 21.6. The summed E-state index contributed by atoms with van der Waals surface area (Å²) in [6, 6.07) is 18.2. The van der Waals surface area contributed by atoms with Gasteiger partial charge in [0.05, 0.1) is 5.75 Å². The molecule has 0 unspecified atom stereocenters. The second kappa shape index (κ2) is 9.78. The van der Waals surface area contributed by atoms with Gasteiger partial charge in [0.15, 0.2) is 5.82 Å². The largest absolute Gasteiger partial charge is 0.368 e. The Kier molecular flexibility index (Phi) is 6.66. The number of hydrogen-bond donors (Lipinski definition) is 1. The first-order valence-corrected chi connectivity index (χ1v) is 11.1. The first-order chi connectivity index (χ1) is 15.1. The minimum Gasteiger partial charge on any atom is -0.368 e. The van der Waals surface area contributed by atoms with Crippen LogP contribution in [0.5, 0.6) is 0 Å². The number of amides is 1. The third kappa shape index (κ3) is 5.52. The van der Waals surface area contributed by atoms with Crippen LogP contribution in [-0.2, 0) is 4.79 Å². The van der Waals surface area contributed by atoms with Crippen LogP contribution in [0.3, 0.4) is 0 Å². The second-order valence-corrected chi connectivity index (χ2v) is 8.33. The maximum atomic E-state index is 13.1. The van der Waals surface area contributed by atoms with Gasteiger partial charge in [-0.2, -0.15) is 0 Å². The maximum absolute atomic E-state index is 13.1. The van der Waals surface area contributed by atoms with Gasteiger partial charge in [-0.1, -0.05) is 30.0 Å². The second-order valence-electron chi connectivity index (χ2n) is 7.33. The summed E-state index contributed by atoms with van der Waals surface area (Å²) in [5, 5.41) is 12.3. The van der Waals surface area contributed by atoms with Crippen molar-refractivity contribution in [1.82, 2.24) is 10.2 Å². The Bertz CT molecular complexity index is 1020. The first kappa shape index (κ1) is 21.1. The number of rotatable bonds is 6. The molecule has 3 aromatic rings. The number of anilines is 3. The molecule has 0 atom stereocenters. The fraction of sp³-hybridized carbons (Fsp3) is 0.261. The van der Waals surface area contributed by atoms with Crippen LogP contribution >= 0.6 is 11.8 Å². The zero-order valence-electron chi connectivity index (χ0n) is 17.3. The van der Waals surface area contributed by atoms with Crippen molar-refractivity contribution < 1.29 is 9.18 Å². The van der Waals surface area contributed by atoms with E-state index in [4.69, 9.17) is 0 Å². The average Bonchev–Trinajstić information content (AvgIpc) is 2.80. The van der Waals surface area contributed by atoms with E-state index in [1.807, 2.05) is 55.5 Å². The topological polar surface area (TPSA) is 61.4 Å². The van der Waals surface area contributed by atoms with Crippen LogP contribution in [0.2, 0.25) is 0 Å². The fourth-order valence-corrected chi connectivity index (χ4v) is 4.06. The van der Waals surface area contributed by atoms with Gasteiger partial charge in [0.1, 0.15) is 10.8 Å². The lowest BCUT2D eigenvalue weighted by Gasteiger charge is -2.36. The van der Waals surface area contributed by atoms with E-state index in [1.165, 1.54) is 23.9 Å². The van der Waals surface area contributed by atoms with E-state index in [0.29, 0.717) is 5.03 Å². The summed E-state index contributed by atoms with van der Waals surface area (Å²) in [6.45, 7) is 5.27. The van der Waals surface area contributed by atoms with Gasteiger partial charge in [-0.25, -0.2) is 4.39 Å². The van der Waals surface area contributed by atoms with E-state index >= 15 is 0 Å². The van der Waals surface area contributed by atoms with Crippen LogP contribution in [0.1, 0.15) is 5.56 Å². The van der Waals surface area contributed by atoms with Crippen molar-refractivity contribution >= 4 is 34.9 Å². The minimum absolute atomic E-state index is 0.0675. The van der Waals surface area contributed by atoms with Gasteiger partial charge in [-0.3, -0.25) is 4.79 Å². The van der Waals surface area contributed by atoms with Crippen molar-refractivity contribution in [2.45, 2.75) is 11.9 Å². The summed E-state index contributed by atoms with van der Waals surface area (Å²) in [6.07, 6.45) is 0. The molecule has 160 valence electrons. The molecule has 1 N–H and O–H groups in total. The molecular weight excluding hydrogens is 413 g/mol. The lowest BCUT2D eigenvalue weighted by Crippen LogP contribution is -2.46. The van der Waals surface area contributed by atoms with Gasteiger partial charge < -0.3 is 15.1 Å². The molecule has 1 fully saturated rings. The average molecular weight is 438 g/mol. The molecule has 0 bridgehead atoms. The van der Waals surface area contributed by atoms with Crippen LogP contribution in [0.25, 0.3) is 0 Å². The molecule has 1 amide bonds. The number of nitrogens with one attached hydrogen (secondary N) is 1. The Balaban J connectivity index is 1.26. The molecule has 6 nitrogen and oxygen atoms in total. The number of carbonyl (C=O) groups excluding carboxylic acids is 1. The van der Waals surface area contributed by atoms with Gasteiger partial charge in [0, 0.05) is 37.6 Å². The van der Waals surface area contributed by atoms with E-state index in [0.717, 1.165) is 48.9 Å². The number of aromatic nitrogens is 2. The summed E-state index contributed by atoms with van der Waals surface area (Å²) < 4.78 is 13.1. The highest BCUT2D eigenvalue weighted by molar-refractivity contribution is 7.99. The van der Waals surface area contributed by atoms with Crippen LogP contribution in [0.15, 0.2) is 65.7 Å². The van der Waals surface area contributed by atoms with E-state index < -0.39 is 0 Å². The van der Waals surface area contributed by atoms with Gasteiger partial charge in [-0.15, -0.1) is 10.2 Å². The van der Waals surface area contributed by atoms with Gasteiger partial charge >= 0.3 is 0 Å². The molecule has 31 heavy (non-hydrogen) atoms. The summed E-state index contributed by atoms with van der Waals surface area (Å²) in [5.74, 6) is 0.816. The molecule has 0 saturated carbocycles. The normalized spacial score (nSPS) is 13.9. The zero-order valence-corrected chi connectivity index (χ0v) is 18.1. The van der Waals surface area contributed by atoms with Crippen LogP contribution < -0.4 is 15.1 Å². The number of halogens is 1. The van der Waals surface area contributed by atoms with Crippen LogP contribution in [0, 0.1) is 12.7 Å². The molecule has 1 aliphatic rings. The third-order valence-electron chi connectivity index (χ3n) is 5.19. The predicted octanol–water partition coefficient (Wildman–Crippen LogP) is 3.98. The van der Waals surface area contributed by atoms with Crippen molar-refractivity contribution in [3.8, 4) is 0 Å². The van der Waals surface area contributed by atoms with E-state index in [-0.39, 0.29) is 17.5 Å². The molecule has 0 radical (unpaired) electrons. The molecule has 2 heterocycles. The molecule has 0 spiro atoms. The molecule has 4 rings (SSSR count). The molecule has 0 aliphatic carbocycles. The maximum Gasteiger partial charge on any atom is 0.234 e. The Morgan fingerprint density at radius 1 is 0.968 bits per heavy atom. The number of thioether (sulfide) groups is 1. The summed E-state index contributed by atoms with van der Waals surface area (Å²) in [5.41, 5.74) is 2.89. The highest BCUT2D eigenvalue weighted by Crippen LogP contribution is 2.22. The Morgan fingerprint density at radius 3 is 2.35 bits per heavy atom. The molecular formula is C23H24FN5OS. The number of carbonyl (C=O) groups is 1. The van der Waals surface area contributed by atoms with Crippen molar-refractivity contribution in [2.24, 2.45) is 0 Å². The number of hydrogen-bond acceptors (Lipinski definition) is 6. The Labute approximate surface area is 185 Å². The molecule has 1 aliphatic heterocycles. The smallest absolute Gasteiger partial charge is 0.234 e. The van der Waals surface area contributed by atoms with Crippen molar-refractivity contribution in [3.63, 3.8) is 0 Å². The highest BCUT2D eigenvalue weighted by Gasteiger charge is 2.19. The SMILES string of the molecule is Cc1ccccc1NC(=O)CSc1ccc(N2CCN(c3ccc(F)cc3)CC2)nn1. The van der Waals surface area contributed by atoms with Crippen molar-refractivity contribution in [2.75, 3.05) is 47.0 Å². The van der Waals surface area contributed by atoms with Gasteiger partial charge in [-0.05, 0) is 55.0 Å². The monoisotopic (exact) mass is 437 g/mol. The van der Waals surface area contributed by atoms with Gasteiger partial charge in [0.25, 0.3) is 0 Å². The number of nitrogens with zero attached hydrogens (tertiary/aromatic N) is 4. The van der Waals surface area contributed by atoms with E-state index in [2.05, 4.69) is 25.3 Å². The van der Waals surface area contributed by atoms with Crippen molar-refractivity contribution in [1.29, 1.82) is 0 Å². The van der Waals surface area contributed by atoms with E-state index in [1.54, 1.807) is 0 Å². The summed E-state index contributed by atoms with van der Waals surface area (Å²) >= 11 is 1.36. The minimum atomic E-state index is -0.219. The highest BCUT2D eigenvalue weighted by atomic mass is 32.2. The number of aryl methyl sites for hydroxylation is 1. The Hall–Kier alpha value is -3.13. The van der Waals surface area contributed by atoms with Gasteiger partial charge in [0.2, 0.25) is 5.91 Å². The quantitative estimate of drug-likeness (QED) is 0.589. The van der Waals surface area contributed by atoms with E-state index in [9.17, 15) is 9.18 Å². The molecule has 2 aromatic carbocycles. The molecule has 1 aromatic heterocycles. The van der Waals surface area contributed by atoms with Crippen LogP contribution in [0.4, 0.5) is 21.6 Å². The molecule has 8 heteroatoms. The summed E-state index contributed by atoms with van der Waals surface area (Å²) in [7, 11) is 0. The number of para-hydroxylation sites is 1. The lowest BCUT2D eigenvalue weighted by molar-refractivity contribution is -0.113. The standard InChI is InChI=1S/C23H24FN5OS/c1-17-4-2-3-5-20(17)25-22(30)16-31-23-11-10-21(26-27-23)29-14-12-28(13-15-29)19-8-6-18(24)7-9-19/h2-11H,12-16H2,1H3,(H,25,30). The lowest BCUT2D eigenvalue weighted by atomic mass is 10.2. The molecule has 1 saturated heterocycles. The third-order valence-corrected chi connectivity index (χ3v) is 6.11. The Morgan fingerprint density at radius 2 is 1.68 bits per heavy atom. The first-order valence-electron chi connectivity index (χ1n) is 10.2. The predicted molar refractivity (Wildman–Crippen MR) is 123 cm³/mol. The fourth-order valence-electron chi connectivity index (χ4n) is 3.44. The number of piperazine rings is 1.